The molecular formula is C66H41IN4S2. The van der Waals surface area contributed by atoms with Crippen LogP contribution in [0.5, 0.6) is 0 Å². The first-order valence-electron chi connectivity index (χ1n) is 24.5. The molecule has 7 heteroatoms. The molecule has 0 bridgehead atoms. The number of rotatable bonds is 2. The average Bonchev–Trinajstić information content (AvgIpc) is 4.30. The highest BCUT2D eigenvalue weighted by atomic mass is 127. The maximum atomic E-state index is 3.57. The summed E-state index contributed by atoms with van der Waals surface area (Å²) in [5.74, 6) is 0. The molecule has 0 unspecified atom stereocenters. The van der Waals surface area contributed by atoms with Gasteiger partial charge in [-0.1, -0.05) is 127 Å². The van der Waals surface area contributed by atoms with Crippen LogP contribution in [-0.2, 0) is 0 Å². The van der Waals surface area contributed by atoms with Crippen molar-refractivity contribution in [2.24, 2.45) is 0 Å². The molecule has 0 amide bonds. The van der Waals surface area contributed by atoms with Crippen molar-refractivity contribution >= 4 is 173 Å². The number of para-hydroxylation sites is 6. The van der Waals surface area contributed by atoms with Gasteiger partial charge >= 0.3 is 0 Å². The summed E-state index contributed by atoms with van der Waals surface area (Å²) in [6, 6.07) is 85.3. The molecular weight excluding hydrogens is 1040 g/mol. The van der Waals surface area contributed by atoms with E-state index < -0.39 is 0 Å². The van der Waals surface area contributed by atoms with Crippen molar-refractivity contribution < 1.29 is 0 Å². The Labute approximate surface area is 440 Å². The Hall–Kier alpha value is -8.21. The monoisotopic (exact) mass is 1080 g/mol. The van der Waals surface area contributed by atoms with Gasteiger partial charge in [-0.3, -0.25) is 0 Å². The third kappa shape index (κ3) is 6.91. The zero-order valence-electron chi connectivity index (χ0n) is 39.1. The van der Waals surface area contributed by atoms with Gasteiger partial charge in [-0.05, 0) is 132 Å². The Bertz CT molecular complexity index is 4690. The lowest BCUT2D eigenvalue weighted by Gasteiger charge is -2.07. The minimum absolute atomic E-state index is 1.19. The molecule has 6 heterocycles. The number of benzene rings is 11. The Morgan fingerprint density at radius 1 is 0.260 bits per heavy atom. The SMILES string of the molecule is Ic1ccccc1.c1ccc(-n2c3ccccc3c3cc4c(cc32)sc2cc3c(cc24)c2ccccc2n3-c2ccccc2)cc1.c1ccc2c(c1)[nH]c1cc3sc4cc5[nH]c6ccccc6c5cc4c3cc12. The molecule has 6 aromatic heterocycles. The van der Waals surface area contributed by atoms with E-state index in [4.69, 9.17) is 0 Å². The molecule has 2 N–H and O–H groups in total. The lowest BCUT2D eigenvalue weighted by Crippen LogP contribution is -1.92. The molecule has 0 aliphatic carbocycles. The van der Waals surface area contributed by atoms with Gasteiger partial charge in [0.25, 0.3) is 0 Å². The molecule has 0 spiro atoms. The van der Waals surface area contributed by atoms with Gasteiger partial charge in [0.2, 0.25) is 0 Å². The normalized spacial score (nSPS) is 11.9. The zero-order valence-corrected chi connectivity index (χ0v) is 42.9. The van der Waals surface area contributed by atoms with Crippen molar-refractivity contribution in [2.45, 2.75) is 0 Å². The molecule has 11 aromatic carbocycles. The number of H-pyrrole nitrogens is 2. The second-order valence-electron chi connectivity index (χ2n) is 18.7. The highest BCUT2D eigenvalue weighted by molar-refractivity contribution is 14.1. The van der Waals surface area contributed by atoms with Crippen molar-refractivity contribution in [3.05, 3.63) is 240 Å². The van der Waals surface area contributed by atoms with Gasteiger partial charge in [0.05, 0.1) is 22.1 Å². The molecule has 0 atom stereocenters. The van der Waals surface area contributed by atoms with Crippen LogP contribution < -0.4 is 0 Å². The second kappa shape index (κ2) is 17.0. The lowest BCUT2D eigenvalue weighted by atomic mass is 10.1. The minimum atomic E-state index is 1.19. The van der Waals surface area contributed by atoms with Crippen LogP contribution in [-0.4, -0.2) is 19.1 Å². The summed E-state index contributed by atoms with van der Waals surface area (Å²) in [5, 5.41) is 15.7. The van der Waals surface area contributed by atoms with Gasteiger partial charge in [-0.25, -0.2) is 0 Å². The summed E-state index contributed by atoms with van der Waals surface area (Å²) < 4.78 is 11.4. The summed E-state index contributed by atoms with van der Waals surface area (Å²) >= 11 is 6.04. The second-order valence-corrected chi connectivity index (χ2v) is 22.1. The molecule has 17 aromatic rings. The Kier molecular flexibility index (Phi) is 9.86. The predicted molar refractivity (Wildman–Crippen MR) is 325 cm³/mol. The van der Waals surface area contributed by atoms with E-state index in [1.807, 2.05) is 40.9 Å². The van der Waals surface area contributed by atoms with E-state index in [-0.39, 0.29) is 0 Å². The highest BCUT2D eigenvalue weighted by Crippen LogP contribution is 2.45. The summed E-state index contributed by atoms with van der Waals surface area (Å²) in [5.41, 5.74) is 12.2. The maximum Gasteiger partial charge on any atom is 0.0555 e. The van der Waals surface area contributed by atoms with E-state index >= 15 is 0 Å². The molecule has 0 aliphatic rings. The number of hydrogen-bond acceptors (Lipinski definition) is 2. The fourth-order valence-electron chi connectivity index (χ4n) is 11.3. The van der Waals surface area contributed by atoms with Gasteiger partial charge in [0.15, 0.2) is 0 Å². The van der Waals surface area contributed by atoms with Crippen LogP contribution in [0, 0.1) is 3.57 Å². The molecule has 344 valence electrons. The number of thiophene rings is 2. The summed E-state index contributed by atoms with van der Waals surface area (Å²) in [7, 11) is 0. The highest BCUT2D eigenvalue weighted by Gasteiger charge is 2.19. The Morgan fingerprint density at radius 2 is 0.603 bits per heavy atom. The van der Waals surface area contributed by atoms with Gasteiger partial charge in [-0.15, -0.1) is 22.7 Å². The largest absolute Gasteiger partial charge is 0.354 e. The van der Waals surface area contributed by atoms with Crippen LogP contribution in [0.2, 0.25) is 0 Å². The van der Waals surface area contributed by atoms with Crippen LogP contribution in [0.3, 0.4) is 0 Å². The molecule has 4 nitrogen and oxygen atoms in total. The number of halogens is 1. The summed E-state index contributed by atoms with van der Waals surface area (Å²) in [6.07, 6.45) is 0. The average molecular weight is 1080 g/mol. The maximum absolute atomic E-state index is 3.57. The summed E-state index contributed by atoms with van der Waals surface area (Å²) in [4.78, 5) is 7.13. The number of aromatic nitrogens is 4. The van der Waals surface area contributed by atoms with Gasteiger partial charge in [-0.2, -0.15) is 0 Å². The van der Waals surface area contributed by atoms with Gasteiger partial charge < -0.3 is 19.1 Å². The van der Waals surface area contributed by atoms with Crippen molar-refractivity contribution in [1.29, 1.82) is 0 Å². The van der Waals surface area contributed by atoms with Crippen molar-refractivity contribution in [2.75, 3.05) is 0 Å². The smallest absolute Gasteiger partial charge is 0.0555 e. The lowest BCUT2D eigenvalue weighted by molar-refractivity contribution is 1.18. The number of nitrogens with one attached hydrogen (secondary N) is 2. The first-order valence-corrected chi connectivity index (χ1v) is 27.2. The molecule has 0 radical (unpaired) electrons. The van der Waals surface area contributed by atoms with E-state index in [1.165, 1.54) is 143 Å². The quantitative estimate of drug-likeness (QED) is 0.162. The van der Waals surface area contributed by atoms with E-state index in [9.17, 15) is 0 Å². The molecule has 0 aliphatic heterocycles. The fraction of sp³-hybridized carbons (Fsp3) is 0. The van der Waals surface area contributed by atoms with Crippen LogP contribution in [0.4, 0.5) is 0 Å². The molecule has 0 saturated carbocycles. The third-order valence-electron chi connectivity index (χ3n) is 14.5. The molecule has 17 rings (SSSR count). The standard InChI is InChI=1S/C36H22N2S.C24H14N2S.C6H5I/c1-3-11-23(12-4-1)37-31-17-9-7-15-25(31)27-19-29-30-20-28-26-16-8-10-18-32(26)38(24-13-5-2-6-14-24)34(28)22-36(30)39-35(29)21-33(27)37;1-3-7-19-13(5-1)15-9-17-18-10-16-14-6-2-4-8-20(14)26-22(16)12-24(18)27-23(17)11-21(15)25-19;7-6-4-2-1-3-5-6/h1-22H;1-12,25-26H;1-5H. The first-order chi connectivity index (χ1) is 36.1. The molecule has 0 saturated heterocycles. The number of hydrogen-bond donors (Lipinski definition) is 2. The van der Waals surface area contributed by atoms with E-state index in [0.717, 1.165) is 0 Å². The topological polar surface area (TPSA) is 41.4 Å². The van der Waals surface area contributed by atoms with Crippen LogP contribution >= 0.6 is 45.3 Å². The fourth-order valence-corrected chi connectivity index (χ4v) is 14.0. The number of nitrogens with zero attached hydrogens (tertiary/aromatic N) is 2. The van der Waals surface area contributed by atoms with Crippen molar-refractivity contribution in [1.82, 2.24) is 19.1 Å². The Balaban J connectivity index is 0.000000120. The molecule has 73 heavy (non-hydrogen) atoms. The zero-order chi connectivity index (χ0) is 48.1. The van der Waals surface area contributed by atoms with E-state index in [0.29, 0.717) is 0 Å². The minimum Gasteiger partial charge on any atom is -0.354 e. The number of aromatic amines is 2. The van der Waals surface area contributed by atoms with E-state index in [1.54, 1.807) is 0 Å². The van der Waals surface area contributed by atoms with Crippen LogP contribution in [0.25, 0.3) is 139 Å². The van der Waals surface area contributed by atoms with Crippen LogP contribution in [0.1, 0.15) is 0 Å². The Morgan fingerprint density at radius 3 is 1.01 bits per heavy atom. The molecule has 0 fully saturated rings. The summed E-state index contributed by atoms with van der Waals surface area (Å²) in [6.45, 7) is 0. The predicted octanol–water partition coefficient (Wildman–Crippen LogP) is 19.9. The van der Waals surface area contributed by atoms with Crippen LogP contribution in [0.15, 0.2) is 237 Å². The van der Waals surface area contributed by atoms with Gasteiger partial charge in [0, 0.05) is 120 Å². The third-order valence-corrected chi connectivity index (χ3v) is 17.5. The van der Waals surface area contributed by atoms with Gasteiger partial charge in [0.1, 0.15) is 0 Å². The first kappa shape index (κ1) is 42.5. The van der Waals surface area contributed by atoms with Crippen molar-refractivity contribution in [3.63, 3.8) is 0 Å². The van der Waals surface area contributed by atoms with E-state index in [2.05, 4.69) is 260 Å². The number of fused-ring (bicyclic) bond motifs is 18. The van der Waals surface area contributed by atoms with Crippen molar-refractivity contribution in [3.8, 4) is 11.4 Å².